The van der Waals surface area contributed by atoms with Crippen LogP contribution in [0.15, 0.2) is 0 Å². The highest BCUT2D eigenvalue weighted by atomic mass is 16.5. The second-order valence-electron chi connectivity index (χ2n) is 6.39. The highest BCUT2D eigenvalue weighted by molar-refractivity contribution is 5.00. The average Bonchev–Trinajstić information content (AvgIpc) is 2.00. The van der Waals surface area contributed by atoms with E-state index in [1.165, 1.54) is 12.8 Å². The zero-order valence-electron chi connectivity index (χ0n) is 9.89. The molecule has 2 heteroatoms. The number of morpholine rings is 1. The summed E-state index contributed by atoms with van der Waals surface area (Å²) in [6.45, 7) is 11.3. The van der Waals surface area contributed by atoms with Crippen molar-refractivity contribution in [3.8, 4) is 0 Å². The van der Waals surface area contributed by atoms with Gasteiger partial charge in [0.05, 0.1) is 12.7 Å². The third kappa shape index (κ3) is 1.82. The quantitative estimate of drug-likeness (QED) is 0.643. The van der Waals surface area contributed by atoms with E-state index in [1.54, 1.807) is 0 Å². The van der Waals surface area contributed by atoms with Crippen LogP contribution in [0.5, 0.6) is 0 Å². The van der Waals surface area contributed by atoms with Gasteiger partial charge in [-0.2, -0.15) is 0 Å². The van der Waals surface area contributed by atoms with E-state index >= 15 is 0 Å². The van der Waals surface area contributed by atoms with Gasteiger partial charge in [-0.25, -0.2) is 0 Å². The van der Waals surface area contributed by atoms with Gasteiger partial charge >= 0.3 is 0 Å². The number of fused-ring (bicyclic) bond motifs is 1. The summed E-state index contributed by atoms with van der Waals surface area (Å²) in [7, 11) is 0. The molecule has 1 aliphatic carbocycles. The first-order chi connectivity index (χ1) is 6.41. The normalized spacial score (nSPS) is 40.3. The van der Waals surface area contributed by atoms with Crippen molar-refractivity contribution in [1.29, 1.82) is 0 Å². The van der Waals surface area contributed by atoms with Crippen LogP contribution in [0, 0.1) is 10.8 Å². The van der Waals surface area contributed by atoms with Crippen molar-refractivity contribution in [3.63, 3.8) is 0 Å². The second kappa shape index (κ2) is 3.21. The summed E-state index contributed by atoms with van der Waals surface area (Å²) in [6, 6.07) is 0.572. The summed E-state index contributed by atoms with van der Waals surface area (Å²) < 4.78 is 5.93. The lowest BCUT2D eigenvalue weighted by atomic mass is 9.61. The molecule has 2 rings (SSSR count). The molecule has 0 unspecified atom stereocenters. The average molecular weight is 197 g/mol. The lowest BCUT2D eigenvalue weighted by Gasteiger charge is -2.52. The maximum absolute atomic E-state index is 5.93. The maximum Gasteiger partial charge on any atom is 0.0779 e. The largest absolute Gasteiger partial charge is 0.375 e. The van der Waals surface area contributed by atoms with Crippen LogP contribution in [-0.4, -0.2) is 25.3 Å². The molecule has 1 saturated heterocycles. The van der Waals surface area contributed by atoms with Crippen molar-refractivity contribution in [2.24, 2.45) is 10.8 Å². The monoisotopic (exact) mass is 197 g/mol. The van der Waals surface area contributed by atoms with Crippen molar-refractivity contribution in [1.82, 2.24) is 5.32 Å². The van der Waals surface area contributed by atoms with E-state index in [1.807, 2.05) is 0 Å². The van der Waals surface area contributed by atoms with Gasteiger partial charge in [-0.1, -0.05) is 27.7 Å². The first-order valence-corrected chi connectivity index (χ1v) is 5.76. The molecule has 2 nitrogen and oxygen atoms in total. The van der Waals surface area contributed by atoms with Crippen LogP contribution in [0.4, 0.5) is 0 Å². The van der Waals surface area contributed by atoms with Crippen molar-refractivity contribution in [3.05, 3.63) is 0 Å². The van der Waals surface area contributed by atoms with Crippen molar-refractivity contribution in [2.45, 2.75) is 52.7 Å². The molecule has 82 valence electrons. The molecule has 0 amide bonds. The molecule has 2 atom stereocenters. The Morgan fingerprint density at radius 1 is 1.21 bits per heavy atom. The Bertz CT molecular complexity index is 222. The van der Waals surface area contributed by atoms with Gasteiger partial charge in [-0.15, -0.1) is 0 Å². The highest BCUT2D eigenvalue weighted by Gasteiger charge is 2.47. The van der Waals surface area contributed by atoms with Crippen LogP contribution in [0.1, 0.15) is 40.5 Å². The first-order valence-electron chi connectivity index (χ1n) is 5.76. The minimum absolute atomic E-state index is 0.319. The Kier molecular flexibility index (Phi) is 2.39. The molecule has 0 aromatic heterocycles. The summed E-state index contributed by atoms with van der Waals surface area (Å²) in [5.74, 6) is 0. The molecule has 1 N–H and O–H groups in total. The van der Waals surface area contributed by atoms with Crippen molar-refractivity contribution in [2.75, 3.05) is 13.2 Å². The Labute approximate surface area is 87.4 Å². The third-order valence-corrected chi connectivity index (χ3v) is 3.65. The van der Waals surface area contributed by atoms with Crippen LogP contribution in [0.2, 0.25) is 0 Å². The maximum atomic E-state index is 5.93. The fourth-order valence-electron chi connectivity index (χ4n) is 3.60. The van der Waals surface area contributed by atoms with E-state index in [0.29, 0.717) is 23.0 Å². The summed E-state index contributed by atoms with van der Waals surface area (Å²) in [4.78, 5) is 0. The van der Waals surface area contributed by atoms with Gasteiger partial charge in [0.1, 0.15) is 0 Å². The predicted molar refractivity (Wildman–Crippen MR) is 58.3 cm³/mol. The summed E-state index contributed by atoms with van der Waals surface area (Å²) in [5, 5.41) is 3.61. The van der Waals surface area contributed by atoms with Crippen LogP contribution in [0.25, 0.3) is 0 Å². The molecule has 0 radical (unpaired) electrons. The van der Waals surface area contributed by atoms with Crippen LogP contribution >= 0.6 is 0 Å². The molecule has 0 spiro atoms. The minimum atomic E-state index is 0.319. The molecule has 14 heavy (non-hydrogen) atoms. The fourth-order valence-corrected chi connectivity index (χ4v) is 3.60. The van der Waals surface area contributed by atoms with Gasteiger partial charge in [-0.05, 0) is 23.7 Å². The molecule has 0 bridgehead atoms. The first kappa shape index (κ1) is 10.4. The van der Waals surface area contributed by atoms with Crippen LogP contribution in [-0.2, 0) is 4.74 Å². The lowest BCUT2D eigenvalue weighted by Crippen LogP contribution is -2.59. The van der Waals surface area contributed by atoms with E-state index in [4.69, 9.17) is 4.74 Å². The Morgan fingerprint density at radius 3 is 2.64 bits per heavy atom. The molecule has 2 fully saturated rings. The van der Waals surface area contributed by atoms with Crippen molar-refractivity contribution >= 4 is 0 Å². The molecule has 1 aliphatic heterocycles. The summed E-state index contributed by atoms with van der Waals surface area (Å²) in [5.41, 5.74) is 0.776. The zero-order valence-corrected chi connectivity index (χ0v) is 9.89. The van der Waals surface area contributed by atoms with Gasteiger partial charge in [-0.3, -0.25) is 0 Å². The third-order valence-electron chi connectivity index (χ3n) is 3.65. The predicted octanol–water partition coefficient (Wildman–Crippen LogP) is 2.19. The van der Waals surface area contributed by atoms with E-state index in [9.17, 15) is 0 Å². The van der Waals surface area contributed by atoms with Gasteiger partial charge in [0.25, 0.3) is 0 Å². The van der Waals surface area contributed by atoms with E-state index < -0.39 is 0 Å². The number of ether oxygens (including phenoxy) is 1. The summed E-state index contributed by atoms with van der Waals surface area (Å²) >= 11 is 0. The van der Waals surface area contributed by atoms with Gasteiger partial charge < -0.3 is 10.1 Å². The molecular formula is C12H23NO. The number of rotatable bonds is 0. The molecule has 1 heterocycles. The topological polar surface area (TPSA) is 21.3 Å². The molecule has 0 aromatic carbocycles. The Hall–Kier alpha value is -0.0800. The highest BCUT2D eigenvalue weighted by Crippen LogP contribution is 2.47. The van der Waals surface area contributed by atoms with Gasteiger partial charge in [0, 0.05) is 12.6 Å². The smallest absolute Gasteiger partial charge is 0.0779 e. The number of nitrogens with one attached hydrogen (secondary N) is 1. The number of hydrogen-bond donors (Lipinski definition) is 1. The molecule has 2 aliphatic rings. The Balaban J connectivity index is 2.18. The zero-order chi connectivity index (χ0) is 10.4. The SMILES string of the molecule is CC1(C)C[C@@H]2NCCO[C@@H]2C(C)(C)C1. The van der Waals surface area contributed by atoms with E-state index in [0.717, 1.165) is 13.2 Å². The van der Waals surface area contributed by atoms with E-state index in [-0.39, 0.29) is 0 Å². The standard InChI is InChI=1S/C12H23NO/c1-11(2)7-9-10(12(3,4)8-11)14-6-5-13-9/h9-10,13H,5-8H2,1-4H3/t9-,10-/m0/s1. The van der Waals surface area contributed by atoms with E-state index in [2.05, 4.69) is 33.0 Å². The molecular weight excluding hydrogens is 174 g/mol. The van der Waals surface area contributed by atoms with Crippen LogP contribution < -0.4 is 5.32 Å². The molecule has 0 aromatic rings. The van der Waals surface area contributed by atoms with Crippen molar-refractivity contribution < 1.29 is 4.74 Å². The fraction of sp³-hybridized carbons (Fsp3) is 1.00. The van der Waals surface area contributed by atoms with Crippen LogP contribution in [0.3, 0.4) is 0 Å². The second-order valence-corrected chi connectivity index (χ2v) is 6.39. The Morgan fingerprint density at radius 2 is 1.93 bits per heavy atom. The number of hydrogen-bond acceptors (Lipinski definition) is 2. The minimum Gasteiger partial charge on any atom is -0.375 e. The molecule has 1 saturated carbocycles. The lowest BCUT2D eigenvalue weighted by molar-refractivity contribution is -0.119. The van der Waals surface area contributed by atoms with Gasteiger partial charge in [0.2, 0.25) is 0 Å². The van der Waals surface area contributed by atoms with Gasteiger partial charge in [0.15, 0.2) is 0 Å². The summed E-state index contributed by atoms with van der Waals surface area (Å²) in [6.07, 6.45) is 2.94.